The number of anilines is 1. The number of aromatic nitrogens is 1. The number of hydrogen-bond acceptors (Lipinski definition) is 3. The number of hydrogen-bond donors (Lipinski definition) is 1. The Morgan fingerprint density at radius 3 is 2.43 bits per heavy atom. The van der Waals surface area contributed by atoms with E-state index in [0.717, 1.165) is 22.0 Å². The average Bonchev–Trinajstić information content (AvgIpc) is 2.94. The normalized spacial score (nSPS) is 10.6. The molecular formula is C16H12Cl2N2S. The number of halogens is 2. The fourth-order valence-electron chi connectivity index (χ4n) is 1.97. The highest BCUT2D eigenvalue weighted by molar-refractivity contribution is 7.09. The molecule has 0 saturated heterocycles. The Hall–Kier alpha value is -1.55. The van der Waals surface area contributed by atoms with Crippen LogP contribution in [0.4, 0.5) is 5.69 Å². The summed E-state index contributed by atoms with van der Waals surface area (Å²) in [5, 5.41) is 7.61. The number of benzene rings is 2. The minimum Gasteiger partial charge on any atom is -0.378 e. The molecular weight excluding hydrogens is 323 g/mol. The first kappa shape index (κ1) is 14.4. The molecule has 0 spiro atoms. The second-order valence-electron chi connectivity index (χ2n) is 4.50. The standard InChI is InChI=1S/C16H12Cl2N2S/c17-12-6-13(18)8-14(7-12)19-9-16-20-15(10-21-16)11-4-2-1-3-5-11/h1-8,10,19H,9H2. The van der Waals surface area contributed by atoms with Crippen molar-refractivity contribution in [3.63, 3.8) is 0 Å². The molecule has 5 heteroatoms. The fraction of sp³-hybridized carbons (Fsp3) is 0.0625. The molecule has 0 atom stereocenters. The van der Waals surface area contributed by atoms with Crippen LogP contribution >= 0.6 is 34.5 Å². The Balaban J connectivity index is 1.70. The van der Waals surface area contributed by atoms with Gasteiger partial charge in [0.25, 0.3) is 0 Å². The van der Waals surface area contributed by atoms with Gasteiger partial charge >= 0.3 is 0 Å². The van der Waals surface area contributed by atoms with Gasteiger partial charge in [-0.1, -0.05) is 53.5 Å². The molecule has 0 amide bonds. The van der Waals surface area contributed by atoms with Gasteiger partial charge in [-0.25, -0.2) is 4.98 Å². The van der Waals surface area contributed by atoms with E-state index in [0.29, 0.717) is 16.6 Å². The maximum absolute atomic E-state index is 5.98. The van der Waals surface area contributed by atoms with Crippen LogP contribution in [0.15, 0.2) is 53.9 Å². The Morgan fingerprint density at radius 2 is 1.71 bits per heavy atom. The highest BCUT2D eigenvalue weighted by Gasteiger charge is 2.04. The van der Waals surface area contributed by atoms with E-state index in [4.69, 9.17) is 23.2 Å². The van der Waals surface area contributed by atoms with E-state index in [1.807, 2.05) is 30.3 Å². The van der Waals surface area contributed by atoms with Gasteiger partial charge in [-0.15, -0.1) is 11.3 Å². The van der Waals surface area contributed by atoms with Crippen LogP contribution in [-0.2, 0) is 6.54 Å². The van der Waals surface area contributed by atoms with Crippen LogP contribution in [0, 0.1) is 0 Å². The Bertz CT molecular complexity index is 721. The van der Waals surface area contributed by atoms with E-state index < -0.39 is 0 Å². The van der Waals surface area contributed by atoms with Gasteiger partial charge in [0.2, 0.25) is 0 Å². The van der Waals surface area contributed by atoms with E-state index in [1.54, 1.807) is 17.4 Å². The van der Waals surface area contributed by atoms with Crippen molar-refractivity contribution in [2.75, 3.05) is 5.32 Å². The zero-order valence-corrected chi connectivity index (χ0v) is 13.3. The molecule has 106 valence electrons. The van der Waals surface area contributed by atoms with Crippen molar-refractivity contribution in [3.8, 4) is 11.3 Å². The van der Waals surface area contributed by atoms with Crippen molar-refractivity contribution >= 4 is 40.2 Å². The summed E-state index contributed by atoms with van der Waals surface area (Å²) in [6.45, 7) is 0.647. The van der Waals surface area contributed by atoms with Crippen LogP contribution < -0.4 is 5.32 Å². The largest absolute Gasteiger partial charge is 0.378 e. The summed E-state index contributed by atoms with van der Waals surface area (Å²) in [6, 6.07) is 15.6. The molecule has 3 aromatic rings. The van der Waals surface area contributed by atoms with E-state index in [1.165, 1.54) is 0 Å². The first-order valence-corrected chi connectivity index (χ1v) is 8.04. The average molecular weight is 335 g/mol. The molecule has 0 saturated carbocycles. The molecule has 1 aromatic heterocycles. The van der Waals surface area contributed by atoms with Gasteiger partial charge < -0.3 is 5.32 Å². The molecule has 21 heavy (non-hydrogen) atoms. The van der Waals surface area contributed by atoms with Gasteiger partial charge in [-0.3, -0.25) is 0 Å². The van der Waals surface area contributed by atoms with Gasteiger partial charge in [0.1, 0.15) is 5.01 Å². The van der Waals surface area contributed by atoms with Gasteiger partial charge in [-0.05, 0) is 18.2 Å². The predicted molar refractivity (Wildman–Crippen MR) is 91.3 cm³/mol. The van der Waals surface area contributed by atoms with E-state index >= 15 is 0 Å². The van der Waals surface area contributed by atoms with Crippen LogP contribution in [0.1, 0.15) is 5.01 Å². The minimum absolute atomic E-state index is 0.620. The Kier molecular flexibility index (Phi) is 4.44. The zero-order valence-electron chi connectivity index (χ0n) is 11.0. The highest BCUT2D eigenvalue weighted by atomic mass is 35.5. The molecule has 2 nitrogen and oxygen atoms in total. The number of nitrogens with one attached hydrogen (secondary N) is 1. The van der Waals surface area contributed by atoms with Crippen molar-refractivity contribution in [2.24, 2.45) is 0 Å². The topological polar surface area (TPSA) is 24.9 Å². The molecule has 0 fully saturated rings. The van der Waals surface area contributed by atoms with Gasteiger partial charge in [0, 0.05) is 26.7 Å². The fourth-order valence-corrected chi connectivity index (χ4v) is 3.24. The second kappa shape index (κ2) is 6.48. The molecule has 0 unspecified atom stereocenters. The lowest BCUT2D eigenvalue weighted by Crippen LogP contribution is -1.98. The van der Waals surface area contributed by atoms with Crippen molar-refractivity contribution in [1.82, 2.24) is 4.98 Å². The van der Waals surface area contributed by atoms with E-state index in [9.17, 15) is 0 Å². The lowest BCUT2D eigenvalue weighted by Gasteiger charge is -2.05. The molecule has 1 heterocycles. The van der Waals surface area contributed by atoms with Crippen LogP contribution in [0.5, 0.6) is 0 Å². The van der Waals surface area contributed by atoms with Gasteiger partial charge in [0.05, 0.1) is 12.2 Å². The molecule has 1 N–H and O–H groups in total. The monoisotopic (exact) mass is 334 g/mol. The maximum Gasteiger partial charge on any atom is 0.112 e. The van der Waals surface area contributed by atoms with Crippen molar-refractivity contribution in [2.45, 2.75) is 6.54 Å². The Morgan fingerprint density at radius 1 is 1.00 bits per heavy atom. The van der Waals surface area contributed by atoms with Crippen LogP contribution in [0.2, 0.25) is 10.0 Å². The SMILES string of the molecule is Clc1cc(Cl)cc(NCc2nc(-c3ccccc3)cs2)c1. The van der Waals surface area contributed by atoms with E-state index in [-0.39, 0.29) is 0 Å². The van der Waals surface area contributed by atoms with Crippen LogP contribution in [-0.4, -0.2) is 4.98 Å². The quantitative estimate of drug-likeness (QED) is 0.659. The maximum atomic E-state index is 5.98. The number of rotatable bonds is 4. The first-order chi connectivity index (χ1) is 10.2. The summed E-state index contributed by atoms with van der Waals surface area (Å²) in [5.41, 5.74) is 3.02. The molecule has 0 aliphatic carbocycles. The van der Waals surface area contributed by atoms with Crippen LogP contribution in [0.25, 0.3) is 11.3 Å². The number of nitrogens with zero attached hydrogens (tertiary/aromatic N) is 1. The van der Waals surface area contributed by atoms with Crippen molar-refractivity contribution < 1.29 is 0 Å². The summed E-state index contributed by atoms with van der Waals surface area (Å²) in [7, 11) is 0. The summed E-state index contributed by atoms with van der Waals surface area (Å²) in [4.78, 5) is 4.63. The van der Waals surface area contributed by atoms with Crippen molar-refractivity contribution in [3.05, 3.63) is 69.0 Å². The molecule has 3 rings (SSSR count). The summed E-state index contributed by atoms with van der Waals surface area (Å²) in [6.07, 6.45) is 0. The summed E-state index contributed by atoms with van der Waals surface area (Å²) < 4.78 is 0. The van der Waals surface area contributed by atoms with E-state index in [2.05, 4.69) is 27.8 Å². The summed E-state index contributed by atoms with van der Waals surface area (Å²) >= 11 is 13.6. The number of thiazole rings is 1. The van der Waals surface area contributed by atoms with Crippen LogP contribution in [0.3, 0.4) is 0 Å². The second-order valence-corrected chi connectivity index (χ2v) is 6.32. The molecule has 0 radical (unpaired) electrons. The van der Waals surface area contributed by atoms with Crippen molar-refractivity contribution in [1.29, 1.82) is 0 Å². The third-order valence-electron chi connectivity index (χ3n) is 2.93. The first-order valence-electron chi connectivity index (χ1n) is 6.40. The zero-order chi connectivity index (χ0) is 14.7. The molecule has 0 aliphatic heterocycles. The Labute approximate surface area is 137 Å². The third kappa shape index (κ3) is 3.76. The predicted octanol–water partition coefficient (Wildman–Crippen LogP) is 5.73. The van der Waals surface area contributed by atoms with Gasteiger partial charge in [0.15, 0.2) is 0 Å². The lowest BCUT2D eigenvalue weighted by molar-refractivity contribution is 1.11. The molecule has 2 aromatic carbocycles. The highest BCUT2D eigenvalue weighted by Crippen LogP contribution is 2.25. The smallest absolute Gasteiger partial charge is 0.112 e. The summed E-state index contributed by atoms with van der Waals surface area (Å²) in [5.74, 6) is 0. The lowest BCUT2D eigenvalue weighted by atomic mass is 10.2. The molecule has 0 bridgehead atoms. The minimum atomic E-state index is 0.620. The molecule has 0 aliphatic rings. The third-order valence-corrected chi connectivity index (χ3v) is 4.21. The van der Waals surface area contributed by atoms with Gasteiger partial charge in [-0.2, -0.15) is 0 Å².